The van der Waals surface area contributed by atoms with Crippen molar-refractivity contribution in [3.63, 3.8) is 0 Å². The molecular weight excluding hydrogens is 490 g/mol. The minimum Gasteiger partial charge on any atom is -0.494 e. The molecule has 0 atom stereocenters. The van der Waals surface area contributed by atoms with E-state index >= 15 is 0 Å². The van der Waals surface area contributed by atoms with Crippen molar-refractivity contribution < 1.29 is 9.53 Å². The predicted molar refractivity (Wildman–Crippen MR) is 162 cm³/mol. The summed E-state index contributed by atoms with van der Waals surface area (Å²) in [5.74, 6) is 2.21. The van der Waals surface area contributed by atoms with Crippen molar-refractivity contribution in [3.8, 4) is 17.0 Å². The number of methoxy groups -OCH3 is 1. The van der Waals surface area contributed by atoms with E-state index in [0.717, 1.165) is 71.6 Å². The Morgan fingerprint density at radius 2 is 1.82 bits per heavy atom. The molecule has 0 saturated heterocycles. The van der Waals surface area contributed by atoms with Gasteiger partial charge in [0, 0.05) is 68.7 Å². The highest BCUT2D eigenvalue weighted by Crippen LogP contribution is 2.38. The number of ether oxygens (including phenoxy) is 1. The molecule has 0 unspecified atom stereocenters. The second-order valence-electron chi connectivity index (χ2n) is 9.67. The van der Waals surface area contributed by atoms with Gasteiger partial charge in [-0.1, -0.05) is 18.7 Å². The van der Waals surface area contributed by atoms with Crippen molar-refractivity contribution in [2.45, 2.75) is 19.8 Å². The molecule has 2 aromatic heterocycles. The maximum absolute atomic E-state index is 9.06. The third kappa shape index (κ3) is 7.26. The van der Waals surface area contributed by atoms with E-state index < -0.39 is 0 Å². The van der Waals surface area contributed by atoms with Crippen LogP contribution in [0, 0.1) is 6.92 Å². The van der Waals surface area contributed by atoms with Gasteiger partial charge < -0.3 is 29.7 Å². The summed E-state index contributed by atoms with van der Waals surface area (Å²) in [5.41, 5.74) is 4.99. The lowest BCUT2D eigenvalue weighted by Gasteiger charge is -2.25. The number of nitrogens with one attached hydrogen (secondary N) is 2. The van der Waals surface area contributed by atoms with E-state index in [4.69, 9.17) is 14.5 Å². The number of nitrogens with zero attached hydrogens (tertiary/aromatic N) is 5. The second kappa shape index (κ2) is 13.6. The quantitative estimate of drug-likeness (QED) is 0.304. The average molecular weight is 532 g/mol. The number of rotatable bonds is 10. The summed E-state index contributed by atoms with van der Waals surface area (Å²) in [6.07, 6.45) is 10.7. The van der Waals surface area contributed by atoms with E-state index in [1.807, 2.05) is 20.0 Å². The van der Waals surface area contributed by atoms with Gasteiger partial charge in [0.05, 0.1) is 29.9 Å². The second-order valence-corrected chi connectivity index (χ2v) is 9.67. The van der Waals surface area contributed by atoms with Gasteiger partial charge in [0.1, 0.15) is 23.7 Å². The van der Waals surface area contributed by atoms with Crippen molar-refractivity contribution in [3.05, 3.63) is 53.4 Å². The molecule has 0 spiro atoms. The van der Waals surface area contributed by atoms with E-state index in [0.29, 0.717) is 6.29 Å². The van der Waals surface area contributed by atoms with Gasteiger partial charge >= 0.3 is 0 Å². The Kier molecular flexibility index (Phi) is 10.3. The van der Waals surface area contributed by atoms with Crippen LogP contribution in [0.2, 0.25) is 0 Å². The first kappa shape index (κ1) is 29.4. The van der Waals surface area contributed by atoms with Crippen LogP contribution < -0.4 is 30.8 Å². The number of aldehydes is 1. The van der Waals surface area contributed by atoms with Gasteiger partial charge in [-0.05, 0) is 46.0 Å². The minimum absolute atomic E-state index is 0.639. The highest BCUT2D eigenvalue weighted by Gasteiger charge is 2.16. The molecule has 3 aromatic rings. The smallest absolute Gasteiger partial charge is 0.144 e. The van der Waals surface area contributed by atoms with Gasteiger partial charge in [0.2, 0.25) is 0 Å². The first-order valence-electron chi connectivity index (χ1n) is 13.0. The number of fused-ring (bicyclic) bond motifs is 1. The van der Waals surface area contributed by atoms with Crippen LogP contribution in [0.15, 0.2) is 37.1 Å². The van der Waals surface area contributed by atoms with E-state index in [2.05, 4.69) is 95.2 Å². The van der Waals surface area contributed by atoms with Gasteiger partial charge in [-0.2, -0.15) is 0 Å². The fraction of sp³-hybridized carbons (Fsp3) is 0.367. The monoisotopic (exact) mass is 531 g/mol. The number of anilines is 4. The molecule has 39 heavy (non-hydrogen) atoms. The standard InChI is InChI=1S/C27H37N7O.C3H4O/c1-18-29-21(20-17-34(6)24-11-9-8-10-19(20)24)15-27(30-18)31-23-14-22(28-2)25(16-26(23)35-7)33(5)13-12-32(3)4;1-2-3-4/h10-11,14-17,28H,8-9,12-13H2,1-7H3,(H,29,30,31);2-3H,1H2. The molecule has 1 aromatic carbocycles. The fourth-order valence-corrected chi connectivity index (χ4v) is 4.51. The number of aromatic nitrogens is 3. The van der Waals surface area contributed by atoms with Crippen LogP contribution >= 0.6 is 0 Å². The molecule has 208 valence electrons. The zero-order valence-electron chi connectivity index (χ0n) is 24.2. The number of carbonyl (C=O) groups is 1. The molecule has 1 aliphatic carbocycles. The zero-order valence-corrected chi connectivity index (χ0v) is 24.2. The summed E-state index contributed by atoms with van der Waals surface area (Å²) in [6, 6.07) is 6.16. The fourth-order valence-electron chi connectivity index (χ4n) is 4.51. The number of carbonyl (C=O) groups excluding carboxylic acids is 1. The van der Waals surface area contributed by atoms with Gasteiger partial charge in [0.25, 0.3) is 0 Å². The first-order chi connectivity index (χ1) is 18.7. The molecule has 1 aliphatic rings. The summed E-state index contributed by atoms with van der Waals surface area (Å²) < 4.78 is 7.95. The molecule has 9 nitrogen and oxygen atoms in total. The maximum atomic E-state index is 9.06. The van der Waals surface area contributed by atoms with Crippen LogP contribution in [0.1, 0.15) is 18.7 Å². The lowest BCUT2D eigenvalue weighted by atomic mass is 10.1. The molecule has 0 amide bonds. The van der Waals surface area contributed by atoms with Crippen LogP contribution in [0.3, 0.4) is 0 Å². The number of hydrogen-bond donors (Lipinski definition) is 2. The molecule has 0 aliphatic heterocycles. The van der Waals surface area contributed by atoms with Crippen LogP contribution in [0.5, 0.6) is 5.75 Å². The summed E-state index contributed by atoms with van der Waals surface area (Å²) in [5, 5.41) is 9.33. The third-order valence-corrected chi connectivity index (χ3v) is 6.48. The van der Waals surface area contributed by atoms with Crippen molar-refractivity contribution >= 4 is 41.3 Å². The van der Waals surface area contributed by atoms with E-state index in [-0.39, 0.29) is 0 Å². The summed E-state index contributed by atoms with van der Waals surface area (Å²) in [4.78, 5) is 22.9. The molecule has 2 heterocycles. The Hall–Kier alpha value is -4.11. The summed E-state index contributed by atoms with van der Waals surface area (Å²) in [7, 11) is 12.0. The Morgan fingerprint density at radius 3 is 2.46 bits per heavy atom. The van der Waals surface area contributed by atoms with Crippen molar-refractivity contribution in [2.24, 2.45) is 7.05 Å². The molecule has 0 saturated carbocycles. The van der Waals surface area contributed by atoms with Gasteiger partial charge in [-0.25, -0.2) is 9.97 Å². The molecule has 4 rings (SSSR count). The van der Waals surface area contributed by atoms with Crippen LogP contribution in [0.4, 0.5) is 22.9 Å². The largest absolute Gasteiger partial charge is 0.494 e. The Labute approximate surface area is 231 Å². The predicted octanol–water partition coefficient (Wildman–Crippen LogP) is 3.31. The molecule has 0 fully saturated rings. The molecular formula is C30H41N7O2. The summed E-state index contributed by atoms with van der Waals surface area (Å²) in [6.45, 7) is 6.91. The number of aryl methyl sites for hydroxylation is 2. The number of hydrogen-bond acceptors (Lipinski definition) is 8. The van der Waals surface area contributed by atoms with Gasteiger partial charge in [0.15, 0.2) is 0 Å². The normalized spacial score (nSPS) is 11.8. The Bertz CT molecular complexity index is 1420. The molecule has 0 radical (unpaired) electrons. The Morgan fingerprint density at radius 1 is 1.10 bits per heavy atom. The highest BCUT2D eigenvalue weighted by atomic mass is 16.5. The Balaban J connectivity index is 0.000000983. The SMILES string of the molecule is C=CC=O.CNc1cc(Nc2cc(-c3cn(C)c4c3=CCCC=4)nc(C)n2)c(OC)cc1N(C)CCN(C)C. The highest BCUT2D eigenvalue weighted by molar-refractivity contribution is 5.81. The first-order valence-corrected chi connectivity index (χ1v) is 13.0. The van der Waals surface area contributed by atoms with Crippen LogP contribution in [0.25, 0.3) is 23.4 Å². The van der Waals surface area contributed by atoms with Crippen molar-refractivity contribution in [1.29, 1.82) is 0 Å². The van der Waals surface area contributed by atoms with Gasteiger partial charge in [-0.3, -0.25) is 4.79 Å². The number of likely N-dealkylation sites (N-methyl/N-ethyl adjacent to an activating group) is 2. The van der Waals surface area contributed by atoms with Crippen LogP contribution in [-0.4, -0.2) is 74.1 Å². The molecule has 0 bridgehead atoms. The topological polar surface area (TPSA) is 87.5 Å². The maximum Gasteiger partial charge on any atom is 0.144 e. The van der Waals surface area contributed by atoms with Crippen LogP contribution in [-0.2, 0) is 11.8 Å². The van der Waals surface area contributed by atoms with Gasteiger partial charge in [-0.15, -0.1) is 0 Å². The van der Waals surface area contributed by atoms with Crippen molar-refractivity contribution in [2.75, 3.05) is 63.9 Å². The lowest BCUT2D eigenvalue weighted by molar-refractivity contribution is -0.104. The molecule has 9 heteroatoms. The summed E-state index contributed by atoms with van der Waals surface area (Å²) >= 11 is 0. The minimum atomic E-state index is 0.639. The zero-order chi connectivity index (χ0) is 28.5. The van der Waals surface area contributed by atoms with Crippen molar-refractivity contribution in [1.82, 2.24) is 19.4 Å². The van der Waals surface area contributed by atoms with E-state index in [9.17, 15) is 0 Å². The average Bonchev–Trinajstić information content (AvgIpc) is 3.27. The van der Waals surface area contributed by atoms with E-state index in [1.54, 1.807) is 7.11 Å². The molecule has 2 N–H and O–H groups in total. The third-order valence-electron chi connectivity index (χ3n) is 6.48. The lowest BCUT2D eigenvalue weighted by Crippen LogP contribution is -2.30. The number of allylic oxidation sites excluding steroid dienone is 1. The number of benzene rings is 1. The van der Waals surface area contributed by atoms with E-state index in [1.165, 1.54) is 16.6 Å².